The summed E-state index contributed by atoms with van der Waals surface area (Å²) in [6.45, 7) is 3.71. The third-order valence-corrected chi connectivity index (χ3v) is 3.82. The molecule has 3 atom stereocenters. The zero-order valence-electron chi connectivity index (χ0n) is 11.2. The monoisotopic (exact) mass is 264 g/mol. The molecule has 2 amide bonds. The smallest absolute Gasteiger partial charge is 0.234 e. The number of hydrogen-bond acceptors (Lipinski definition) is 4. The Bertz CT molecular complexity index is 415. The predicted molar refractivity (Wildman–Crippen MR) is 65.5 cm³/mol. The van der Waals surface area contributed by atoms with E-state index in [0.29, 0.717) is 12.8 Å². The van der Waals surface area contributed by atoms with Crippen molar-refractivity contribution < 1.29 is 19.5 Å². The lowest BCUT2D eigenvalue weighted by atomic mass is 9.85. The second-order valence-electron chi connectivity index (χ2n) is 5.67. The number of nitrogens with zero attached hydrogens (tertiary/aromatic N) is 1. The normalized spacial score (nSPS) is 27.8. The van der Waals surface area contributed by atoms with E-state index < -0.39 is 12.0 Å². The van der Waals surface area contributed by atoms with E-state index in [2.05, 4.69) is 0 Å². The highest BCUT2D eigenvalue weighted by molar-refractivity contribution is 6.07. The Labute approximate surface area is 112 Å². The van der Waals surface area contributed by atoms with Crippen LogP contribution in [0.5, 0.6) is 0 Å². The van der Waals surface area contributed by atoms with Gasteiger partial charge in [-0.1, -0.05) is 26.0 Å². The lowest BCUT2D eigenvalue weighted by Gasteiger charge is -2.28. The van der Waals surface area contributed by atoms with Crippen LogP contribution in [0, 0.1) is 17.8 Å². The van der Waals surface area contributed by atoms with E-state index in [0.717, 1.165) is 4.90 Å². The van der Waals surface area contributed by atoms with Gasteiger partial charge in [-0.25, -0.2) is 0 Å². The van der Waals surface area contributed by atoms with Gasteiger partial charge in [-0.2, -0.15) is 0 Å². The van der Waals surface area contributed by atoms with Crippen LogP contribution in [0.1, 0.15) is 33.1 Å². The average Bonchev–Trinajstić information content (AvgIpc) is 2.60. The summed E-state index contributed by atoms with van der Waals surface area (Å²) in [7, 11) is 0. The number of carbonyl (C=O) groups is 3. The average molecular weight is 264 g/mol. The fourth-order valence-electron chi connectivity index (χ4n) is 2.89. The SMILES string of the molecule is CC(C)C[C@H](C(=O)[O-])N1C(=O)[C@H]2CC=CC[C@H]2C1=O. The number of fused-ring (bicyclic) bond motifs is 1. The van der Waals surface area contributed by atoms with Crippen LogP contribution in [0.15, 0.2) is 12.2 Å². The van der Waals surface area contributed by atoms with Crippen molar-refractivity contribution in [1.82, 2.24) is 4.90 Å². The van der Waals surface area contributed by atoms with Gasteiger partial charge in [0.1, 0.15) is 0 Å². The van der Waals surface area contributed by atoms with E-state index in [9.17, 15) is 19.5 Å². The summed E-state index contributed by atoms with van der Waals surface area (Å²) in [5.74, 6) is -2.74. The number of carboxylic acids is 1. The summed E-state index contributed by atoms with van der Waals surface area (Å²) >= 11 is 0. The first-order valence-corrected chi connectivity index (χ1v) is 6.66. The standard InChI is InChI=1S/C14H19NO4/c1-8(2)7-11(14(18)19)15-12(16)9-5-3-4-6-10(9)13(15)17/h3-4,8-11H,5-7H2,1-2H3,(H,18,19)/p-1/t9-,10+,11-/m1/s1. The van der Waals surface area contributed by atoms with Gasteiger partial charge in [0.25, 0.3) is 0 Å². The molecule has 2 rings (SSSR count). The van der Waals surface area contributed by atoms with Crippen molar-refractivity contribution in [3.63, 3.8) is 0 Å². The summed E-state index contributed by atoms with van der Waals surface area (Å²) in [5, 5.41) is 11.2. The Morgan fingerprint density at radius 1 is 1.26 bits per heavy atom. The van der Waals surface area contributed by atoms with Crippen molar-refractivity contribution in [1.29, 1.82) is 0 Å². The van der Waals surface area contributed by atoms with Gasteiger partial charge in [0.05, 0.1) is 23.8 Å². The van der Waals surface area contributed by atoms with Gasteiger partial charge in [0.2, 0.25) is 11.8 Å². The maximum atomic E-state index is 12.3. The van der Waals surface area contributed by atoms with Crippen LogP contribution >= 0.6 is 0 Å². The minimum absolute atomic E-state index is 0.0734. The molecule has 0 unspecified atom stereocenters. The number of allylic oxidation sites excluding steroid dienone is 2. The molecule has 0 N–H and O–H groups in total. The topological polar surface area (TPSA) is 77.5 Å². The molecule has 1 saturated heterocycles. The molecule has 5 heteroatoms. The number of aliphatic carboxylic acids is 1. The maximum absolute atomic E-state index is 12.3. The molecule has 5 nitrogen and oxygen atoms in total. The minimum Gasteiger partial charge on any atom is -0.548 e. The highest BCUT2D eigenvalue weighted by Gasteiger charge is 2.49. The molecular formula is C14H18NO4-. The minimum atomic E-state index is -1.35. The number of likely N-dealkylation sites (tertiary alicyclic amines) is 1. The van der Waals surface area contributed by atoms with Crippen molar-refractivity contribution in [2.24, 2.45) is 17.8 Å². The molecule has 1 aliphatic carbocycles. The Morgan fingerprint density at radius 2 is 1.74 bits per heavy atom. The summed E-state index contributed by atoms with van der Waals surface area (Å²) in [6, 6.07) is -1.13. The molecule has 0 bridgehead atoms. The summed E-state index contributed by atoms with van der Waals surface area (Å²) in [5.41, 5.74) is 0. The molecule has 0 saturated carbocycles. The summed E-state index contributed by atoms with van der Waals surface area (Å²) in [6.07, 6.45) is 5.05. The van der Waals surface area contributed by atoms with Crippen LogP contribution in [0.4, 0.5) is 0 Å². The van der Waals surface area contributed by atoms with E-state index in [1.807, 2.05) is 26.0 Å². The molecule has 19 heavy (non-hydrogen) atoms. The molecule has 0 aromatic rings. The van der Waals surface area contributed by atoms with Gasteiger partial charge >= 0.3 is 0 Å². The quantitative estimate of drug-likeness (QED) is 0.533. The Balaban J connectivity index is 2.26. The largest absolute Gasteiger partial charge is 0.548 e. The fourth-order valence-corrected chi connectivity index (χ4v) is 2.89. The summed E-state index contributed by atoms with van der Waals surface area (Å²) < 4.78 is 0. The predicted octanol–water partition coefficient (Wildman–Crippen LogP) is 0.102. The Kier molecular flexibility index (Phi) is 3.73. The zero-order chi connectivity index (χ0) is 14.2. The molecule has 0 radical (unpaired) electrons. The fraction of sp³-hybridized carbons (Fsp3) is 0.643. The highest BCUT2D eigenvalue weighted by Crippen LogP contribution is 2.36. The van der Waals surface area contributed by atoms with E-state index >= 15 is 0 Å². The van der Waals surface area contributed by atoms with Crippen LogP contribution in [0.2, 0.25) is 0 Å². The van der Waals surface area contributed by atoms with Gasteiger partial charge < -0.3 is 9.90 Å². The summed E-state index contributed by atoms with van der Waals surface area (Å²) in [4.78, 5) is 36.7. The first kappa shape index (κ1) is 13.8. The van der Waals surface area contributed by atoms with E-state index in [-0.39, 0.29) is 36.0 Å². The van der Waals surface area contributed by atoms with Crippen molar-refractivity contribution in [2.75, 3.05) is 0 Å². The van der Waals surface area contributed by atoms with Gasteiger partial charge in [-0.15, -0.1) is 0 Å². The van der Waals surface area contributed by atoms with Crippen molar-refractivity contribution in [2.45, 2.75) is 39.2 Å². The van der Waals surface area contributed by atoms with Gasteiger partial charge in [0.15, 0.2) is 0 Å². The van der Waals surface area contributed by atoms with E-state index in [1.165, 1.54) is 0 Å². The van der Waals surface area contributed by atoms with Crippen molar-refractivity contribution in [3.05, 3.63) is 12.2 Å². The van der Waals surface area contributed by atoms with Crippen LogP contribution in [-0.4, -0.2) is 28.7 Å². The third kappa shape index (κ3) is 2.41. The first-order chi connectivity index (χ1) is 8.93. The molecule has 1 fully saturated rings. The van der Waals surface area contributed by atoms with E-state index in [4.69, 9.17) is 0 Å². The molecule has 1 heterocycles. The lowest BCUT2D eigenvalue weighted by Crippen LogP contribution is -2.51. The van der Waals surface area contributed by atoms with Crippen LogP contribution < -0.4 is 5.11 Å². The van der Waals surface area contributed by atoms with Crippen LogP contribution in [-0.2, 0) is 14.4 Å². The number of carboxylic acid groups (broad SMARTS) is 1. The molecule has 1 aliphatic heterocycles. The van der Waals surface area contributed by atoms with Gasteiger partial charge in [0, 0.05) is 0 Å². The highest BCUT2D eigenvalue weighted by atomic mass is 16.4. The molecule has 0 spiro atoms. The second kappa shape index (κ2) is 5.15. The second-order valence-corrected chi connectivity index (χ2v) is 5.67. The molecule has 104 valence electrons. The van der Waals surface area contributed by atoms with Crippen molar-refractivity contribution >= 4 is 17.8 Å². The van der Waals surface area contributed by atoms with Gasteiger partial charge in [-0.05, 0) is 25.2 Å². The Morgan fingerprint density at radius 3 is 2.11 bits per heavy atom. The molecule has 0 aromatic heterocycles. The van der Waals surface area contributed by atoms with Gasteiger partial charge in [-0.3, -0.25) is 14.5 Å². The number of rotatable bonds is 4. The zero-order valence-corrected chi connectivity index (χ0v) is 11.2. The lowest BCUT2D eigenvalue weighted by molar-refractivity contribution is -0.311. The van der Waals surface area contributed by atoms with Crippen LogP contribution in [0.25, 0.3) is 0 Å². The van der Waals surface area contributed by atoms with Crippen LogP contribution in [0.3, 0.4) is 0 Å². The number of carbonyl (C=O) groups excluding carboxylic acids is 3. The maximum Gasteiger partial charge on any atom is 0.234 e. The first-order valence-electron chi connectivity index (χ1n) is 6.66. The Hall–Kier alpha value is -1.65. The number of amides is 2. The number of imide groups is 1. The molecular weight excluding hydrogens is 246 g/mol. The molecule has 0 aromatic carbocycles. The number of hydrogen-bond donors (Lipinski definition) is 0. The molecule has 2 aliphatic rings. The third-order valence-electron chi connectivity index (χ3n) is 3.82. The van der Waals surface area contributed by atoms with Crippen molar-refractivity contribution in [3.8, 4) is 0 Å². The van der Waals surface area contributed by atoms with E-state index in [1.54, 1.807) is 0 Å².